The van der Waals surface area contributed by atoms with Gasteiger partial charge in [-0.05, 0) is 30.7 Å². The number of nitrogens with one attached hydrogen (secondary N) is 1. The Kier molecular flexibility index (Phi) is 5.39. The third kappa shape index (κ3) is 4.22. The lowest BCUT2D eigenvalue weighted by Crippen LogP contribution is -2.08. The maximum atomic E-state index is 5.95. The summed E-state index contributed by atoms with van der Waals surface area (Å²) in [5.41, 5.74) is 7.24. The smallest absolute Gasteiger partial charge is 0.119 e. The van der Waals surface area contributed by atoms with Gasteiger partial charge in [0.2, 0.25) is 0 Å². The molecule has 20 heavy (non-hydrogen) atoms. The molecule has 0 fully saturated rings. The number of rotatable bonds is 6. The third-order valence-electron chi connectivity index (χ3n) is 2.74. The first-order valence-electron chi connectivity index (χ1n) is 6.33. The molecule has 3 nitrogen and oxygen atoms in total. The standard InChI is InChI=1S/C15H16Cl2N2O/c16-12-9-14(18)15(10-13(12)17)19-7-4-8-20-11-5-2-1-3-6-11/h1-3,5-6,9-10,19H,4,7-8,18H2. The summed E-state index contributed by atoms with van der Waals surface area (Å²) in [6, 6.07) is 13.1. The van der Waals surface area contributed by atoms with Crippen LogP contribution in [0.5, 0.6) is 5.75 Å². The summed E-state index contributed by atoms with van der Waals surface area (Å²) >= 11 is 11.8. The Morgan fingerprint density at radius 2 is 1.75 bits per heavy atom. The van der Waals surface area contributed by atoms with Crippen molar-refractivity contribution in [3.63, 3.8) is 0 Å². The van der Waals surface area contributed by atoms with E-state index in [-0.39, 0.29) is 0 Å². The average Bonchev–Trinajstić information content (AvgIpc) is 2.45. The molecule has 0 unspecified atom stereocenters. The number of hydrogen-bond acceptors (Lipinski definition) is 3. The molecule has 0 amide bonds. The average molecular weight is 311 g/mol. The number of halogens is 2. The predicted octanol–water partition coefficient (Wildman–Crippen LogP) is 4.46. The molecule has 0 heterocycles. The molecule has 0 saturated heterocycles. The third-order valence-corrected chi connectivity index (χ3v) is 3.46. The zero-order valence-electron chi connectivity index (χ0n) is 10.9. The van der Waals surface area contributed by atoms with Crippen LogP contribution in [-0.2, 0) is 0 Å². The van der Waals surface area contributed by atoms with Gasteiger partial charge in [-0.3, -0.25) is 0 Å². The topological polar surface area (TPSA) is 47.3 Å². The van der Waals surface area contributed by atoms with Crippen LogP contribution in [0.4, 0.5) is 11.4 Å². The fraction of sp³-hybridized carbons (Fsp3) is 0.200. The fourth-order valence-corrected chi connectivity index (χ4v) is 2.05. The van der Waals surface area contributed by atoms with E-state index >= 15 is 0 Å². The van der Waals surface area contributed by atoms with Gasteiger partial charge in [-0.1, -0.05) is 41.4 Å². The lowest BCUT2D eigenvalue weighted by Gasteiger charge is -2.11. The highest BCUT2D eigenvalue weighted by atomic mass is 35.5. The molecule has 0 bridgehead atoms. The van der Waals surface area contributed by atoms with Crippen molar-refractivity contribution in [1.29, 1.82) is 0 Å². The molecule has 0 saturated carbocycles. The first-order chi connectivity index (χ1) is 9.66. The molecule has 5 heteroatoms. The Labute approximate surface area is 128 Å². The van der Waals surface area contributed by atoms with Gasteiger partial charge in [-0.25, -0.2) is 0 Å². The van der Waals surface area contributed by atoms with Crippen molar-refractivity contribution in [3.8, 4) is 5.75 Å². The van der Waals surface area contributed by atoms with Crippen LogP contribution >= 0.6 is 23.2 Å². The number of hydrogen-bond donors (Lipinski definition) is 2. The minimum atomic E-state index is 0.460. The fourth-order valence-electron chi connectivity index (χ4n) is 1.72. The van der Waals surface area contributed by atoms with E-state index < -0.39 is 0 Å². The van der Waals surface area contributed by atoms with Gasteiger partial charge in [-0.2, -0.15) is 0 Å². The molecule has 0 atom stereocenters. The van der Waals surface area contributed by atoms with Gasteiger partial charge < -0.3 is 15.8 Å². The monoisotopic (exact) mass is 310 g/mol. The second kappa shape index (κ2) is 7.27. The number of nitrogens with two attached hydrogens (primary N) is 1. The number of para-hydroxylation sites is 1. The minimum absolute atomic E-state index is 0.460. The van der Waals surface area contributed by atoms with Crippen molar-refractivity contribution in [1.82, 2.24) is 0 Å². The minimum Gasteiger partial charge on any atom is -0.494 e. The molecule has 0 radical (unpaired) electrons. The summed E-state index contributed by atoms with van der Waals surface area (Å²) in [6.07, 6.45) is 0.856. The first kappa shape index (κ1) is 14.8. The highest BCUT2D eigenvalue weighted by Gasteiger charge is 2.04. The number of nitrogen functional groups attached to an aromatic ring is 1. The van der Waals surface area contributed by atoms with Gasteiger partial charge in [0.15, 0.2) is 0 Å². The number of ether oxygens (including phenoxy) is 1. The van der Waals surface area contributed by atoms with Gasteiger partial charge in [0, 0.05) is 6.54 Å². The summed E-state index contributed by atoms with van der Waals surface area (Å²) in [5, 5.41) is 4.17. The Morgan fingerprint density at radius 3 is 2.50 bits per heavy atom. The Hall–Kier alpha value is -1.58. The number of anilines is 2. The molecule has 0 aliphatic rings. The van der Waals surface area contributed by atoms with Gasteiger partial charge in [-0.15, -0.1) is 0 Å². The highest BCUT2D eigenvalue weighted by Crippen LogP contribution is 2.30. The van der Waals surface area contributed by atoms with Gasteiger partial charge in [0.25, 0.3) is 0 Å². The van der Waals surface area contributed by atoms with E-state index in [0.29, 0.717) is 22.3 Å². The Balaban J connectivity index is 1.75. The Bertz CT molecular complexity index is 561. The molecule has 2 aromatic carbocycles. The normalized spacial score (nSPS) is 10.3. The van der Waals surface area contributed by atoms with Crippen LogP contribution in [0.1, 0.15) is 6.42 Å². The molecule has 0 spiro atoms. The van der Waals surface area contributed by atoms with Crippen molar-refractivity contribution in [2.75, 3.05) is 24.2 Å². The highest BCUT2D eigenvalue weighted by molar-refractivity contribution is 6.42. The molecule has 0 aromatic heterocycles. The van der Waals surface area contributed by atoms with Crippen LogP contribution in [0, 0.1) is 0 Å². The molecule has 0 aliphatic heterocycles. The SMILES string of the molecule is Nc1cc(Cl)c(Cl)cc1NCCCOc1ccccc1. The van der Waals surface area contributed by atoms with E-state index in [4.69, 9.17) is 33.7 Å². The maximum absolute atomic E-state index is 5.95. The Morgan fingerprint density at radius 1 is 1.05 bits per heavy atom. The van der Waals surface area contributed by atoms with Crippen LogP contribution in [0.15, 0.2) is 42.5 Å². The van der Waals surface area contributed by atoms with Crippen molar-refractivity contribution in [2.45, 2.75) is 6.42 Å². The van der Waals surface area contributed by atoms with Crippen molar-refractivity contribution >= 4 is 34.6 Å². The summed E-state index contributed by atoms with van der Waals surface area (Å²) in [5.74, 6) is 0.876. The summed E-state index contributed by atoms with van der Waals surface area (Å²) in [4.78, 5) is 0. The molecule has 2 rings (SSSR count). The van der Waals surface area contributed by atoms with E-state index in [1.165, 1.54) is 0 Å². The zero-order valence-corrected chi connectivity index (χ0v) is 12.4. The van der Waals surface area contributed by atoms with E-state index in [0.717, 1.165) is 24.4 Å². The molecule has 3 N–H and O–H groups in total. The van der Waals surface area contributed by atoms with E-state index in [1.54, 1.807) is 12.1 Å². The quantitative estimate of drug-likeness (QED) is 0.612. The molecule has 2 aromatic rings. The largest absolute Gasteiger partial charge is 0.494 e. The van der Waals surface area contributed by atoms with Crippen LogP contribution < -0.4 is 15.8 Å². The van der Waals surface area contributed by atoms with Gasteiger partial charge in [0.1, 0.15) is 5.75 Å². The van der Waals surface area contributed by atoms with Crippen LogP contribution in [-0.4, -0.2) is 13.2 Å². The molecule has 106 valence electrons. The van der Waals surface area contributed by atoms with Crippen molar-refractivity contribution < 1.29 is 4.74 Å². The first-order valence-corrected chi connectivity index (χ1v) is 7.08. The maximum Gasteiger partial charge on any atom is 0.119 e. The summed E-state index contributed by atoms with van der Waals surface area (Å²) < 4.78 is 5.60. The van der Waals surface area contributed by atoms with E-state index in [2.05, 4.69) is 5.32 Å². The predicted molar refractivity (Wildman–Crippen MR) is 85.9 cm³/mol. The van der Waals surface area contributed by atoms with Crippen molar-refractivity contribution in [2.24, 2.45) is 0 Å². The second-order valence-corrected chi connectivity index (χ2v) is 5.11. The molecular weight excluding hydrogens is 295 g/mol. The molecule has 0 aliphatic carbocycles. The second-order valence-electron chi connectivity index (χ2n) is 4.30. The van der Waals surface area contributed by atoms with Gasteiger partial charge in [0.05, 0.1) is 28.0 Å². The van der Waals surface area contributed by atoms with Crippen LogP contribution in [0.2, 0.25) is 10.0 Å². The summed E-state index contributed by atoms with van der Waals surface area (Å²) in [6.45, 7) is 1.38. The lowest BCUT2D eigenvalue weighted by molar-refractivity contribution is 0.315. The zero-order chi connectivity index (χ0) is 14.4. The number of benzene rings is 2. The van der Waals surface area contributed by atoms with E-state index in [1.807, 2.05) is 30.3 Å². The van der Waals surface area contributed by atoms with Crippen molar-refractivity contribution in [3.05, 3.63) is 52.5 Å². The van der Waals surface area contributed by atoms with E-state index in [9.17, 15) is 0 Å². The van der Waals surface area contributed by atoms with Gasteiger partial charge >= 0.3 is 0 Å². The molecular formula is C15H16Cl2N2O. The lowest BCUT2D eigenvalue weighted by atomic mass is 10.2. The van der Waals surface area contributed by atoms with Crippen LogP contribution in [0.3, 0.4) is 0 Å². The summed E-state index contributed by atoms with van der Waals surface area (Å²) in [7, 11) is 0. The van der Waals surface area contributed by atoms with Crippen LogP contribution in [0.25, 0.3) is 0 Å².